The molecule has 258 valence electrons. The summed E-state index contributed by atoms with van der Waals surface area (Å²) in [7, 11) is 0. The lowest BCUT2D eigenvalue weighted by Gasteiger charge is -2.37. The highest BCUT2D eigenvalue weighted by Gasteiger charge is 2.48. The van der Waals surface area contributed by atoms with Crippen molar-refractivity contribution in [3.63, 3.8) is 0 Å². The molecule has 0 aromatic heterocycles. The number of benzene rings is 1. The first-order chi connectivity index (χ1) is 22.2. The minimum atomic E-state index is -1.10. The molecule has 1 saturated heterocycles. The van der Waals surface area contributed by atoms with E-state index in [1.165, 1.54) is 4.90 Å². The predicted molar refractivity (Wildman–Crippen MR) is 178 cm³/mol. The molecule has 47 heavy (non-hydrogen) atoms. The molecule has 1 heterocycles. The Hall–Kier alpha value is -3.76. The first-order valence-corrected chi connectivity index (χ1v) is 17.3. The second-order valence-electron chi connectivity index (χ2n) is 15.2. The van der Waals surface area contributed by atoms with Crippen LogP contribution in [0.1, 0.15) is 103 Å². The van der Waals surface area contributed by atoms with Crippen molar-refractivity contribution in [2.75, 3.05) is 6.54 Å². The smallest absolute Gasteiger partial charge is 0.316 e. The zero-order valence-electron chi connectivity index (χ0n) is 28.6. The third-order valence-corrected chi connectivity index (χ3v) is 10.2. The highest BCUT2D eigenvalue weighted by Crippen LogP contribution is 2.35. The maximum Gasteiger partial charge on any atom is 0.316 e. The summed E-state index contributed by atoms with van der Waals surface area (Å²) in [6.45, 7) is 9.77. The number of amides is 5. The van der Waals surface area contributed by atoms with Gasteiger partial charge in [-0.25, -0.2) is 4.79 Å². The normalized spacial score (nSPS) is 22.0. The van der Waals surface area contributed by atoms with E-state index in [0.717, 1.165) is 38.5 Å². The summed E-state index contributed by atoms with van der Waals surface area (Å²) in [6.07, 6.45) is 7.31. The fraction of sp³-hybridized carbons (Fsp3) is 0.667. The molecule has 0 spiro atoms. The molecule has 11 heteroatoms. The molecule has 5 N–H and O–H groups in total. The number of likely N-dealkylation sites (tertiary alicyclic amines) is 1. The van der Waals surface area contributed by atoms with Crippen LogP contribution in [0.5, 0.6) is 0 Å². The van der Waals surface area contributed by atoms with Crippen molar-refractivity contribution < 1.29 is 28.8 Å². The van der Waals surface area contributed by atoms with Gasteiger partial charge in [-0.05, 0) is 61.2 Å². The van der Waals surface area contributed by atoms with E-state index in [4.69, 9.17) is 5.73 Å². The Labute approximate surface area is 278 Å². The summed E-state index contributed by atoms with van der Waals surface area (Å²) in [4.78, 5) is 81.5. The van der Waals surface area contributed by atoms with Crippen molar-refractivity contribution in [2.45, 2.75) is 117 Å². The number of primary amides is 1. The Morgan fingerprint density at radius 2 is 1.53 bits per heavy atom. The topological polar surface area (TPSA) is 168 Å². The van der Waals surface area contributed by atoms with Crippen molar-refractivity contribution >= 4 is 35.3 Å². The van der Waals surface area contributed by atoms with E-state index in [2.05, 4.69) is 16.0 Å². The molecule has 1 aliphatic heterocycles. The predicted octanol–water partition coefficient (Wildman–Crippen LogP) is 3.74. The van der Waals surface area contributed by atoms with E-state index >= 15 is 0 Å². The van der Waals surface area contributed by atoms with Crippen LogP contribution in [0.15, 0.2) is 30.3 Å². The van der Waals surface area contributed by atoms with Gasteiger partial charge in [-0.2, -0.15) is 0 Å². The molecular weight excluding hydrogens is 598 g/mol. The molecule has 1 aromatic carbocycles. The first kappa shape index (κ1) is 36.1. The van der Waals surface area contributed by atoms with Crippen LogP contribution in [0.25, 0.3) is 0 Å². The third-order valence-electron chi connectivity index (χ3n) is 10.2. The van der Waals surface area contributed by atoms with Gasteiger partial charge in [0.15, 0.2) is 5.78 Å². The standard InChI is InChI=1S/C36H53N5O6/c1-21(2)25-19-20-41(28(25)33(45)38-26(30(43)32(37)44)18-17-22-15-16-22)34(46)31(36(3,4)5)40-35(47)39-27(23-11-9-10-12-23)29(42)24-13-7-6-8-14-24/h6-8,13-14,21-23,25-28,31H,9-12,15-20H2,1-5H3,(H2,37,44)(H,38,45)(H2,39,40,47)/t25-,26?,27+,28+,31-/m1/s1. The Morgan fingerprint density at radius 3 is 2.09 bits per heavy atom. The van der Waals surface area contributed by atoms with Gasteiger partial charge >= 0.3 is 6.03 Å². The van der Waals surface area contributed by atoms with Crippen LogP contribution in [0.4, 0.5) is 4.79 Å². The molecule has 3 fully saturated rings. The minimum Gasteiger partial charge on any atom is -0.363 e. The Kier molecular flexibility index (Phi) is 11.8. The van der Waals surface area contributed by atoms with Crippen molar-refractivity contribution in [3.8, 4) is 0 Å². The maximum atomic E-state index is 14.4. The molecule has 3 aliphatic rings. The van der Waals surface area contributed by atoms with E-state index in [9.17, 15) is 28.8 Å². The van der Waals surface area contributed by atoms with Gasteiger partial charge in [-0.1, -0.05) is 90.6 Å². The molecule has 4 rings (SSSR count). The average Bonchev–Trinajstić information content (AvgIpc) is 3.48. The summed E-state index contributed by atoms with van der Waals surface area (Å²) < 4.78 is 0. The first-order valence-electron chi connectivity index (χ1n) is 17.3. The lowest BCUT2D eigenvalue weighted by Crippen LogP contribution is -2.62. The van der Waals surface area contributed by atoms with E-state index in [1.807, 2.05) is 40.7 Å². The lowest BCUT2D eigenvalue weighted by atomic mass is 9.84. The second-order valence-corrected chi connectivity index (χ2v) is 15.2. The molecule has 1 aromatic rings. The summed E-state index contributed by atoms with van der Waals surface area (Å²) in [5.74, 6) is -2.72. The number of ketones is 2. The van der Waals surface area contributed by atoms with Gasteiger partial charge in [-0.15, -0.1) is 0 Å². The van der Waals surface area contributed by atoms with Crippen molar-refractivity contribution in [3.05, 3.63) is 35.9 Å². The zero-order chi connectivity index (χ0) is 34.5. The largest absolute Gasteiger partial charge is 0.363 e. The number of nitrogens with two attached hydrogens (primary N) is 1. The minimum absolute atomic E-state index is 0.00771. The van der Waals surface area contributed by atoms with Crippen LogP contribution >= 0.6 is 0 Å². The highest BCUT2D eigenvalue weighted by atomic mass is 16.2. The molecule has 11 nitrogen and oxygen atoms in total. The Bertz CT molecular complexity index is 1310. The van der Waals surface area contributed by atoms with Gasteiger partial charge < -0.3 is 26.6 Å². The molecule has 2 saturated carbocycles. The lowest BCUT2D eigenvalue weighted by molar-refractivity contribution is -0.144. The van der Waals surface area contributed by atoms with Gasteiger partial charge in [0.1, 0.15) is 12.1 Å². The monoisotopic (exact) mass is 651 g/mol. The summed E-state index contributed by atoms with van der Waals surface area (Å²) >= 11 is 0. The van der Waals surface area contributed by atoms with E-state index in [-0.39, 0.29) is 23.5 Å². The molecule has 0 bridgehead atoms. The number of nitrogens with zero attached hydrogens (tertiary/aromatic N) is 1. The number of urea groups is 1. The summed E-state index contributed by atoms with van der Waals surface area (Å²) in [6, 6.07) is 4.58. The number of Topliss-reactive ketones (excluding diaryl/α,β-unsaturated/α-hetero) is 2. The molecule has 0 radical (unpaired) electrons. The van der Waals surface area contributed by atoms with Crippen LogP contribution in [0.3, 0.4) is 0 Å². The van der Waals surface area contributed by atoms with Crippen LogP contribution < -0.4 is 21.7 Å². The van der Waals surface area contributed by atoms with E-state index in [0.29, 0.717) is 37.3 Å². The van der Waals surface area contributed by atoms with Gasteiger partial charge in [0.2, 0.25) is 17.6 Å². The number of carbonyl (C=O) groups excluding carboxylic acids is 6. The Balaban J connectivity index is 1.53. The van der Waals surface area contributed by atoms with Gasteiger partial charge in [0, 0.05) is 12.1 Å². The quantitative estimate of drug-likeness (QED) is 0.177. The number of carbonyl (C=O) groups is 6. The van der Waals surface area contributed by atoms with Crippen LogP contribution in [0, 0.1) is 29.1 Å². The van der Waals surface area contributed by atoms with E-state index < -0.39 is 59.1 Å². The van der Waals surface area contributed by atoms with Crippen molar-refractivity contribution in [2.24, 2.45) is 34.8 Å². The van der Waals surface area contributed by atoms with Gasteiger partial charge in [0.05, 0.1) is 12.1 Å². The van der Waals surface area contributed by atoms with Gasteiger partial charge in [0.25, 0.3) is 5.91 Å². The molecular formula is C36H53N5O6. The van der Waals surface area contributed by atoms with Crippen LogP contribution in [0.2, 0.25) is 0 Å². The van der Waals surface area contributed by atoms with Gasteiger partial charge in [-0.3, -0.25) is 24.0 Å². The summed E-state index contributed by atoms with van der Waals surface area (Å²) in [5.41, 5.74) is 5.10. The average molecular weight is 652 g/mol. The molecule has 1 unspecified atom stereocenters. The van der Waals surface area contributed by atoms with Crippen LogP contribution in [-0.2, 0) is 19.2 Å². The number of rotatable bonds is 14. The zero-order valence-corrected chi connectivity index (χ0v) is 28.6. The van der Waals surface area contributed by atoms with Crippen molar-refractivity contribution in [1.82, 2.24) is 20.9 Å². The SMILES string of the molecule is CC(C)[C@H]1CCN(C(=O)[C@@H](NC(=O)N[C@H](C(=O)c2ccccc2)C2CCCC2)C(C)(C)C)[C@@H]1C(=O)NC(CCC1CC1)C(=O)C(N)=O. The second kappa shape index (κ2) is 15.4. The Morgan fingerprint density at radius 1 is 0.894 bits per heavy atom. The molecule has 5 atom stereocenters. The number of hydrogen-bond donors (Lipinski definition) is 4. The maximum absolute atomic E-state index is 14.4. The number of nitrogens with one attached hydrogen (secondary N) is 3. The fourth-order valence-corrected chi connectivity index (χ4v) is 7.20. The van der Waals surface area contributed by atoms with Crippen LogP contribution in [-0.4, -0.2) is 70.9 Å². The number of hydrogen-bond acceptors (Lipinski definition) is 6. The van der Waals surface area contributed by atoms with E-state index in [1.54, 1.807) is 24.3 Å². The third kappa shape index (κ3) is 9.20. The highest BCUT2D eigenvalue weighted by molar-refractivity contribution is 6.37. The van der Waals surface area contributed by atoms with Crippen molar-refractivity contribution in [1.29, 1.82) is 0 Å². The summed E-state index contributed by atoms with van der Waals surface area (Å²) in [5, 5.41) is 8.56. The molecule has 2 aliphatic carbocycles. The molecule has 5 amide bonds. The fourth-order valence-electron chi connectivity index (χ4n) is 7.20.